The maximum atomic E-state index is 5.89. The van der Waals surface area contributed by atoms with Gasteiger partial charge in [-0.05, 0) is 31.5 Å². The number of hydrazine groups is 1. The van der Waals surface area contributed by atoms with Gasteiger partial charge in [-0.1, -0.05) is 11.6 Å². The predicted molar refractivity (Wildman–Crippen MR) is 69.9 cm³/mol. The number of aryl methyl sites for hydroxylation is 1. The zero-order valence-corrected chi connectivity index (χ0v) is 10.5. The Labute approximate surface area is 106 Å². The van der Waals surface area contributed by atoms with Crippen LogP contribution < -0.4 is 11.3 Å². The Morgan fingerprint density at radius 1 is 1.39 bits per heavy atom. The molecule has 0 aliphatic carbocycles. The molecule has 4 nitrogen and oxygen atoms in total. The molecule has 3 N–H and O–H groups in total. The van der Waals surface area contributed by atoms with Crippen LogP contribution in [-0.2, 0) is 4.74 Å². The lowest BCUT2D eigenvalue weighted by Crippen LogP contribution is -2.33. The monoisotopic (exact) mass is 246 g/mol. The average molecular weight is 246 g/mol. The molecule has 0 saturated carbocycles. The molecule has 1 saturated heterocycles. The lowest BCUT2D eigenvalue weighted by Gasteiger charge is -2.18. The zero-order chi connectivity index (χ0) is 12.5. The molecule has 2 heterocycles. The first-order valence-corrected chi connectivity index (χ1v) is 6.32. The summed E-state index contributed by atoms with van der Waals surface area (Å²) < 4.78 is 11.3. The second kappa shape index (κ2) is 4.72. The molecule has 1 aromatic carbocycles. The molecule has 1 fully saturated rings. The number of rotatable bonds is 3. The maximum Gasteiger partial charge on any atom is 0.134 e. The molecule has 4 heteroatoms. The number of nitrogens with two attached hydrogens (primary N) is 1. The zero-order valence-electron chi connectivity index (χ0n) is 10.5. The molecule has 0 spiro atoms. The van der Waals surface area contributed by atoms with E-state index in [9.17, 15) is 0 Å². The van der Waals surface area contributed by atoms with E-state index in [0.717, 1.165) is 36.4 Å². The van der Waals surface area contributed by atoms with E-state index in [1.165, 1.54) is 5.56 Å². The summed E-state index contributed by atoms with van der Waals surface area (Å²) in [6.07, 6.45) is 1.02. The van der Waals surface area contributed by atoms with Crippen molar-refractivity contribution in [3.05, 3.63) is 35.6 Å². The smallest absolute Gasteiger partial charge is 0.134 e. The highest BCUT2D eigenvalue weighted by Gasteiger charge is 2.28. The highest BCUT2D eigenvalue weighted by molar-refractivity contribution is 5.78. The molecule has 0 amide bonds. The standard InChI is InChI=1S/C14H18N2O2/c1-9-2-3-12-11(6-9)7-13(18-12)14(16-15)10-4-5-17-8-10/h2-3,6-7,10,14,16H,4-5,8,15H2,1H3. The molecular weight excluding hydrogens is 228 g/mol. The van der Waals surface area contributed by atoms with E-state index < -0.39 is 0 Å². The fraction of sp³-hybridized carbons (Fsp3) is 0.429. The maximum absolute atomic E-state index is 5.89. The molecule has 0 bridgehead atoms. The van der Waals surface area contributed by atoms with Crippen LogP contribution in [0.2, 0.25) is 0 Å². The molecule has 2 atom stereocenters. The lowest BCUT2D eigenvalue weighted by molar-refractivity contribution is 0.173. The van der Waals surface area contributed by atoms with Crippen molar-refractivity contribution < 1.29 is 9.15 Å². The van der Waals surface area contributed by atoms with E-state index in [0.29, 0.717) is 5.92 Å². The highest BCUT2D eigenvalue weighted by Crippen LogP contribution is 2.32. The lowest BCUT2D eigenvalue weighted by atomic mass is 9.97. The van der Waals surface area contributed by atoms with Gasteiger partial charge >= 0.3 is 0 Å². The summed E-state index contributed by atoms with van der Waals surface area (Å²) in [6, 6.07) is 8.29. The van der Waals surface area contributed by atoms with Crippen LogP contribution in [0.1, 0.15) is 23.8 Å². The van der Waals surface area contributed by atoms with Crippen molar-refractivity contribution in [2.24, 2.45) is 11.8 Å². The SMILES string of the molecule is Cc1ccc2oc(C(NN)C3CCOC3)cc2c1. The third-order valence-corrected chi connectivity index (χ3v) is 3.61. The van der Waals surface area contributed by atoms with Gasteiger partial charge in [0.25, 0.3) is 0 Å². The normalized spacial score (nSPS) is 21.6. The van der Waals surface area contributed by atoms with Gasteiger partial charge in [0.2, 0.25) is 0 Å². The van der Waals surface area contributed by atoms with Gasteiger partial charge in [-0.15, -0.1) is 0 Å². The van der Waals surface area contributed by atoms with Crippen LogP contribution in [-0.4, -0.2) is 13.2 Å². The van der Waals surface area contributed by atoms with Crippen LogP contribution in [0.5, 0.6) is 0 Å². The second-order valence-electron chi connectivity index (χ2n) is 4.96. The Bertz CT molecular complexity index is 544. The van der Waals surface area contributed by atoms with Crippen molar-refractivity contribution in [2.75, 3.05) is 13.2 Å². The fourth-order valence-electron chi connectivity index (χ4n) is 2.60. The summed E-state index contributed by atoms with van der Waals surface area (Å²) >= 11 is 0. The number of fused-ring (bicyclic) bond motifs is 1. The van der Waals surface area contributed by atoms with Crippen molar-refractivity contribution in [1.82, 2.24) is 5.43 Å². The number of benzene rings is 1. The van der Waals surface area contributed by atoms with E-state index in [-0.39, 0.29) is 6.04 Å². The Morgan fingerprint density at radius 2 is 2.28 bits per heavy atom. The quantitative estimate of drug-likeness (QED) is 0.644. The minimum atomic E-state index is 0.0280. The van der Waals surface area contributed by atoms with Crippen LogP contribution in [0.3, 0.4) is 0 Å². The Kier molecular flexibility index (Phi) is 3.07. The number of nitrogens with one attached hydrogen (secondary N) is 1. The molecule has 3 rings (SSSR count). The van der Waals surface area contributed by atoms with E-state index in [1.807, 2.05) is 6.07 Å². The molecule has 1 aliphatic heterocycles. The second-order valence-corrected chi connectivity index (χ2v) is 4.96. The van der Waals surface area contributed by atoms with E-state index in [2.05, 4.69) is 30.5 Å². The molecule has 2 unspecified atom stereocenters. The third kappa shape index (κ3) is 2.03. The van der Waals surface area contributed by atoms with Crippen LogP contribution in [0.4, 0.5) is 0 Å². The average Bonchev–Trinajstić information content (AvgIpc) is 2.98. The predicted octanol–water partition coefficient (Wildman–Crippen LogP) is 2.28. The third-order valence-electron chi connectivity index (χ3n) is 3.61. The van der Waals surface area contributed by atoms with Crippen LogP contribution in [0.15, 0.2) is 28.7 Å². The summed E-state index contributed by atoms with van der Waals surface area (Å²) in [4.78, 5) is 0. The van der Waals surface area contributed by atoms with E-state index >= 15 is 0 Å². The van der Waals surface area contributed by atoms with Gasteiger partial charge in [0.1, 0.15) is 11.3 Å². The van der Waals surface area contributed by atoms with Crippen molar-refractivity contribution in [3.63, 3.8) is 0 Å². The Morgan fingerprint density at radius 3 is 3.00 bits per heavy atom. The van der Waals surface area contributed by atoms with Crippen molar-refractivity contribution in [3.8, 4) is 0 Å². The summed E-state index contributed by atoms with van der Waals surface area (Å²) in [5.41, 5.74) is 5.01. The first kappa shape index (κ1) is 11.7. The van der Waals surface area contributed by atoms with Gasteiger partial charge in [0.05, 0.1) is 12.6 Å². The number of hydrogen-bond donors (Lipinski definition) is 2. The number of ether oxygens (including phenoxy) is 1. The van der Waals surface area contributed by atoms with Gasteiger partial charge in [-0.25, -0.2) is 5.43 Å². The number of hydrogen-bond acceptors (Lipinski definition) is 4. The van der Waals surface area contributed by atoms with Crippen LogP contribution in [0, 0.1) is 12.8 Å². The first-order chi connectivity index (χ1) is 8.78. The first-order valence-electron chi connectivity index (χ1n) is 6.32. The highest BCUT2D eigenvalue weighted by atomic mass is 16.5. The summed E-state index contributed by atoms with van der Waals surface area (Å²) in [5, 5.41) is 1.13. The Hall–Kier alpha value is -1.36. The van der Waals surface area contributed by atoms with Crippen LogP contribution in [0.25, 0.3) is 11.0 Å². The van der Waals surface area contributed by atoms with Gasteiger partial charge in [-0.3, -0.25) is 5.84 Å². The molecular formula is C14H18N2O2. The van der Waals surface area contributed by atoms with Gasteiger partial charge in [0, 0.05) is 17.9 Å². The summed E-state index contributed by atoms with van der Waals surface area (Å²) in [7, 11) is 0. The number of furan rings is 1. The fourth-order valence-corrected chi connectivity index (χ4v) is 2.60. The minimum absolute atomic E-state index is 0.0280. The Balaban J connectivity index is 1.96. The topological polar surface area (TPSA) is 60.4 Å². The summed E-state index contributed by atoms with van der Waals surface area (Å²) in [5.74, 6) is 6.95. The molecule has 2 aromatic rings. The van der Waals surface area contributed by atoms with Crippen LogP contribution >= 0.6 is 0 Å². The van der Waals surface area contributed by atoms with Gasteiger partial charge < -0.3 is 9.15 Å². The molecule has 18 heavy (non-hydrogen) atoms. The molecule has 96 valence electrons. The van der Waals surface area contributed by atoms with Crippen molar-refractivity contribution in [1.29, 1.82) is 0 Å². The minimum Gasteiger partial charge on any atom is -0.459 e. The van der Waals surface area contributed by atoms with Crippen molar-refractivity contribution >= 4 is 11.0 Å². The van der Waals surface area contributed by atoms with Gasteiger partial charge in [0.15, 0.2) is 0 Å². The molecule has 1 aliphatic rings. The van der Waals surface area contributed by atoms with E-state index in [1.54, 1.807) is 0 Å². The molecule has 1 aromatic heterocycles. The van der Waals surface area contributed by atoms with Gasteiger partial charge in [-0.2, -0.15) is 0 Å². The van der Waals surface area contributed by atoms with E-state index in [4.69, 9.17) is 15.0 Å². The summed E-state index contributed by atoms with van der Waals surface area (Å²) in [6.45, 7) is 3.63. The largest absolute Gasteiger partial charge is 0.459 e. The molecule has 0 radical (unpaired) electrons. The van der Waals surface area contributed by atoms with Crippen molar-refractivity contribution in [2.45, 2.75) is 19.4 Å².